The summed E-state index contributed by atoms with van der Waals surface area (Å²) < 4.78 is 0. The standard InChI is InChI=1S/C18H13N3O2/c19-10-12(18(23)21-16-7-3-4-8-17(16)22)9-13-11-20-15-6-2-1-5-14(13)15/h1-9,11,20,22H,(H,21,23)/b12-9-. The van der Waals surface area contributed by atoms with E-state index in [1.54, 1.807) is 24.4 Å². The van der Waals surface area contributed by atoms with Crippen molar-refractivity contribution in [2.75, 3.05) is 5.32 Å². The zero-order valence-corrected chi connectivity index (χ0v) is 12.1. The lowest BCUT2D eigenvalue weighted by Gasteiger charge is -2.05. The van der Waals surface area contributed by atoms with Crippen LogP contribution in [0.2, 0.25) is 0 Å². The lowest BCUT2D eigenvalue weighted by molar-refractivity contribution is -0.112. The molecular weight excluding hydrogens is 290 g/mol. The molecule has 0 aliphatic carbocycles. The molecule has 0 fully saturated rings. The predicted molar refractivity (Wildman–Crippen MR) is 88.6 cm³/mol. The monoisotopic (exact) mass is 303 g/mol. The number of hydrogen-bond acceptors (Lipinski definition) is 3. The molecule has 5 nitrogen and oxygen atoms in total. The first-order valence-electron chi connectivity index (χ1n) is 6.96. The quantitative estimate of drug-likeness (QED) is 0.393. The van der Waals surface area contributed by atoms with E-state index in [-0.39, 0.29) is 17.0 Å². The van der Waals surface area contributed by atoms with Crippen molar-refractivity contribution in [1.82, 2.24) is 4.98 Å². The summed E-state index contributed by atoms with van der Waals surface area (Å²) in [6.45, 7) is 0. The van der Waals surface area contributed by atoms with E-state index in [4.69, 9.17) is 0 Å². The number of hydrogen-bond donors (Lipinski definition) is 3. The summed E-state index contributed by atoms with van der Waals surface area (Å²) in [5, 5.41) is 22.4. The maximum Gasteiger partial charge on any atom is 0.266 e. The predicted octanol–water partition coefficient (Wildman–Crippen LogP) is 3.42. The summed E-state index contributed by atoms with van der Waals surface area (Å²) in [7, 11) is 0. The number of carbonyl (C=O) groups excluding carboxylic acids is 1. The van der Waals surface area contributed by atoms with Gasteiger partial charge in [0.2, 0.25) is 0 Å². The van der Waals surface area contributed by atoms with Crippen molar-refractivity contribution in [3.05, 3.63) is 65.9 Å². The van der Waals surface area contributed by atoms with Crippen LogP contribution in [0, 0.1) is 11.3 Å². The van der Waals surface area contributed by atoms with Crippen molar-refractivity contribution in [2.45, 2.75) is 0 Å². The van der Waals surface area contributed by atoms with E-state index in [0.717, 1.165) is 16.5 Å². The first kappa shape index (κ1) is 14.4. The molecule has 0 saturated heterocycles. The number of phenols is 1. The number of fused-ring (bicyclic) bond motifs is 1. The Morgan fingerprint density at radius 2 is 1.91 bits per heavy atom. The molecule has 0 atom stereocenters. The van der Waals surface area contributed by atoms with Gasteiger partial charge >= 0.3 is 0 Å². The molecule has 0 spiro atoms. The van der Waals surface area contributed by atoms with Crippen molar-refractivity contribution in [2.24, 2.45) is 0 Å². The van der Waals surface area contributed by atoms with Gasteiger partial charge in [-0.1, -0.05) is 30.3 Å². The molecule has 3 rings (SSSR count). The van der Waals surface area contributed by atoms with Gasteiger partial charge in [0.05, 0.1) is 5.69 Å². The van der Waals surface area contributed by atoms with Crippen molar-refractivity contribution < 1.29 is 9.90 Å². The van der Waals surface area contributed by atoms with Crippen LogP contribution in [0.3, 0.4) is 0 Å². The number of aromatic amines is 1. The van der Waals surface area contributed by atoms with Crippen LogP contribution >= 0.6 is 0 Å². The van der Waals surface area contributed by atoms with E-state index in [2.05, 4.69) is 10.3 Å². The number of nitriles is 1. The third-order valence-electron chi connectivity index (χ3n) is 3.44. The van der Waals surface area contributed by atoms with Gasteiger partial charge in [0.15, 0.2) is 0 Å². The molecule has 2 aromatic carbocycles. The molecule has 0 saturated carbocycles. The molecule has 0 bridgehead atoms. The average molecular weight is 303 g/mol. The number of para-hydroxylation sites is 3. The smallest absolute Gasteiger partial charge is 0.266 e. The molecule has 0 radical (unpaired) electrons. The molecule has 3 N–H and O–H groups in total. The van der Waals surface area contributed by atoms with Crippen LogP contribution in [0.1, 0.15) is 5.56 Å². The number of amides is 1. The number of rotatable bonds is 3. The maximum atomic E-state index is 12.2. The number of H-pyrrole nitrogens is 1. The SMILES string of the molecule is N#C/C(=C/c1c[nH]c2ccccc12)C(=O)Nc1ccccc1O. The fourth-order valence-electron chi connectivity index (χ4n) is 2.29. The Balaban J connectivity index is 1.92. The highest BCUT2D eigenvalue weighted by molar-refractivity contribution is 6.11. The van der Waals surface area contributed by atoms with Crippen molar-refractivity contribution >= 4 is 28.6 Å². The molecule has 0 aliphatic rings. The van der Waals surface area contributed by atoms with E-state index in [0.29, 0.717) is 0 Å². The molecule has 23 heavy (non-hydrogen) atoms. The van der Waals surface area contributed by atoms with E-state index in [1.165, 1.54) is 12.1 Å². The van der Waals surface area contributed by atoms with Crippen LogP contribution in [0.5, 0.6) is 5.75 Å². The van der Waals surface area contributed by atoms with Gasteiger partial charge in [-0.3, -0.25) is 4.79 Å². The Morgan fingerprint density at radius 3 is 2.70 bits per heavy atom. The Kier molecular flexibility index (Phi) is 3.81. The number of carbonyl (C=O) groups is 1. The summed E-state index contributed by atoms with van der Waals surface area (Å²) >= 11 is 0. The number of nitrogens with one attached hydrogen (secondary N) is 2. The van der Waals surface area contributed by atoms with Gasteiger partial charge in [0, 0.05) is 22.7 Å². The summed E-state index contributed by atoms with van der Waals surface area (Å²) in [4.78, 5) is 15.3. The average Bonchev–Trinajstić information content (AvgIpc) is 2.97. The highest BCUT2D eigenvalue weighted by Gasteiger charge is 2.12. The molecule has 5 heteroatoms. The van der Waals surface area contributed by atoms with Crippen molar-refractivity contribution in [1.29, 1.82) is 5.26 Å². The third-order valence-corrected chi connectivity index (χ3v) is 3.44. The minimum absolute atomic E-state index is 0.0435. The number of benzene rings is 2. The normalized spacial score (nSPS) is 11.2. The van der Waals surface area contributed by atoms with Crippen LogP contribution in [-0.2, 0) is 4.79 Å². The van der Waals surface area contributed by atoms with Gasteiger partial charge in [0.25, 0.3) is 5.91 Å². The summed E-state index contributed by atoms with van der Waals surface area (Å²) in [5.74, 6) is -0.621. The fourth-order valence-corrected chi connectivity index (χ4v) is 2.29. The van der Waals surface area contributed by atoms with Crippen LogP contribution < -0.4 is 5.32 Å². The molecule has 3 aromatic rings. The molecule has 1 heterocycles. The number of nitrogens with zero attached hydrogens (tertiary/aromatic N) is 1. The molecule has 1 amide bonds. The number of anilines is 1. The molecule has 0 aliphatic heterocycles. The highest BCUT2D eigenvalue weighted by atomic mass is 16.3. The van der Waals surface area contributed by atoms with Gasteiger partial charge in [-0.05, 0) is 24.3 Å². The largest absolute Gasteiger partial charge is 0.506 e. The maximum absolute atomic E-state index is 12.2. The Hall–Kier alpha value is -3.52. The van der Waals surface area contributed by atoms with Gasteiger partial charge < -0.3 is 15.4 Å². The number of aromatic nitrogens is 1. The van der Waals surface area contributed by atoms with E-state index in [9.17, 15) is 15.2 Å². The van der Waals surface area contributed by atoms with Gasteiger partial charge in [-0.2, -0.15) is 5.26 Å². The third kappa shape index (κ3) is 2.92. The lowest BCUT2D eigenvalue weighted by atomic mass is 10.1. The van der Waals surface area contributed by atoms with Crippen LogP contribution in [0.4, 0.5) is 5.69 Å². The topological polar surface area (TPSA) is 88.9 Å². The summed E-state index contributed by atoms with van der Waals surface area (Å²) in [5.41, 5.74) is 1.90. The van der Waals surface area contributed by atoms with Gasteiger partial charge in [-0.25, -0.2) is 0 Å². The van der Waals surface area contributed by atoms with Crippen LogP contribution in [0.25, 0.3) is 17.0 Å². The summed E-state index contributed by atoms with van der Waals surface area (Å²) in [6.07, 6.45) is 3.27. The second-order valence-corrected chi connectivity index (χ2v) is 4.93. The zero-order valence-electron chi connectivity index (χ0n) is 12.1. The van der Waals surface area contributed by atoms with Crippen molar-refractivity contribution in [3.63, 3.8) is 0 Å². The minimum atomic E-state index is -0.570. The minimum Gasteiger partial charge on any atom is -0.506 e. The van der Waals surface area contributed by atoms with Gasteiger partial charge in [0.1, 0.15) is 17.4 Å². The molecular formula is C18H13N3O2. The Bertz CT molecular complexity index is 948. The van der Waals surface area contributed by atoms with E-state index < -0.39 is 5.91 Å². The first-order valence-corrected chi connectivity index (χ1v) is 6.96. The van der Waals surface area contributed by atoms with E-state index >= 15 is 0 Å². The number of phenolic OH excluding ortho intramolecular Hbond substituents is 1. The second-order valence-electron chi connectivity index (χ2n) is 4.93. The van der Waals surface area contributed by atoms with Crippen LogP contribution in [0.15, 0.2) is 60.3 Å². The molecule has 0 unspecified atom stereocenters. The molecule has 112 valence electrons. The van der Waals surface area contributed by atoms with Gasteiger partial charge in [-0.15, -0.1) is 0 Å². The molecule has 1 aromatic heterocycles. The highest BCUT2D eigenvalue weighted by Crippen LogP contribution is 2.23. The van der Waals surface area contributed by atoms with Crippen LogP contribution in [-0.4, -0.2) is 16.0 Å². The van der Waals surface area contributed by atoms with E-state index in [1.807, 2.05) is 30.3 Å². The number of aromatic hydroxyl groups is 1. The first-order chi connectivity index (χ1) is 11.2. The summed E-state index contributed by atoms with van der Waals surface area (Å²) in [6, 6.07) is 15.9. The second kappa shape index (κ2) is 6.08. The Labute approximate surface area is 132 Å². The lowest BCUT2D eigenvalue weighted by Crippen LogP contribution is -2.13. The Morgan fingerprint density at radius 1 is 1.17 bits per heavy atom. The van der Waals surface area contributed by atoms with Crippen molar-refractivity contribution in [3.8, 4) is 11.8 Å². The fraction of sp³-hybridized carbons (Fsp3) is 0. The zero-order chi connectivity index (χ0) is 16.2.